The molecule has 0 amide bonds. The molecule has 0 spiro atoms. The van der Waals surface area contributed by atoms with Crippen LogP contribution in [0.1, 0.15) is 5.56 Å². The van der Waals surface area contributed by atoms with Gasteiger partial charge >= 0.3 is 0 Å². The third-order valence-electron chi connectivity index (χ3n) is 1.90. The molecule has 1 heterocycles. The molecule has 0 bridgehead atoms. The van der Waals surface area contributed by atoms with E-state index >= 15 is 0 Å². The minimum Gasteiger partial charge on any atom is -0.359 e. The zero-order valence-corrected chi connectivity index (χ0v) is 9.42. The lowest BCUT2D eigenvalue weighted by Gasteiger charge is -2.01. The highest BCUT2D eigenvalue weighted by Crippen LogP contribution is 2.10. The van der Waals surface area contributed by atoms with Crippen molar-refractivity contribution in [3.05, 3.63) is 34.9 Å². The van der Waals surface area contributed by atoms with Crippen molar-refractivity contribution in [1.29, 1.82) is 0 Å². The van der Waals surface area contributed by atoms with E-state index in [1.54, 1.807) is 0 Å². The van der Waals surface area contributed by atoms with Crippen LogP contribution in [0.2, 0.25) is 5.02 Å². The number of hydrogen-bond acceptors (Lipinski definition) is 5. The highest BCUT2D eigenvalue weighted by Gasteiger charge is 1.97. The summed E-state index contributed by atoms with van der Waals surface area (Å²) in [5.74, 6) is 0. The van der Waals surface area contributed by atoms with Crippen molar-refractivity contribution >= 4 is 28.3 Å². The van der Waals surface area contributed by atoms with E-state index in [9.17, 15) is 0 Å². The van der Waals surface area contributed by atoms with Crippen LogP contribution in [0.3, 0.4) is 0 Å². The molecular formula is C9H9ClN4S. The number of nitrogens with one attached hydrogen (secondary N) is 1. The Morgan fingerprint density at radius 3 is 2.73 bits per heavy atom. The number of aromatic nitrogens is 3. The van der Waals surface area contributed by atoms with E-state index in [-0.39, 0.29) is 0 Å². The highest BCUT2D eigenvalue weighted by molar-refractivity contribution is 7.09. The van der Waals surface area contributed by atoms with Crippen LogP contribution in [-0.2, 0) is 6.42 Å². The smallest absolute Gasteiger partial charge is 0.225 e. The molecule has 1 N–H and O–H groups in total. The fourth-order valence-corrected chi connectivity index (χ4v) is 1.68. The van der Waals surface area contributed by atoms with Gasteiger partial charge in [0.05, 0.1) is 0 Å². The molecule has 1 aromatic carbocycles. The Labute approximate surface area is 96.4 Å². The summed E-state index contributed by atoms with van der Waals surface area (Å²) in [6.45, 7) is 0.818. The molecule has 2 rings (SSSR count). The molecule has 0 aliphatic rings. The van der Waals surface area contributed by atoms with Crippen LogP contribution in [0.15, 0.2) is 24.3 Å². The van der Waals surface area contributed by atoms with Gasteiger partial charge in [-0.25, -0.2) is 0 Å². The van der Waals surface area contributed by atoms with Crippen LogP contribution in [0.25, 0.3) is 0 Å². The minimum atomic E-state index is 0.754. The Morgan fingerprint density at radius 1 is 1.27 bits per heavy atom. The zero-order chi connectivity index (χ0) is 10.5. The monoisotopic (exact) mass is 240 g/mol. The first-order valence-electron chi connectivity index (χ1n) is 4.48. The number of hydrogen-bond donors (Lipinski definition) is 1. The van der Waals surface area contributed by atoms with Crippen molar-refractivity contribution in [3.8, 4) is 0 Å². The van der Waals surface area contributed by atoms with Crippen molar-refractivity contribution in [2.75, 3.05) is 11.9 Å². The van der Waals surface area contributed by atoms with Gasteiger partial charge in [-0.3, -0.25) is 0 Å². The molecule has 4 nitrogen and oxygen atoms in total. The van der Waals surface area contributed by atoms with Crippen molar-refractivity contribution < 1.29 is 0 Å². The van der Waals surface area contributed by atoms with Gasteiger partial charge in [0, 0.05) is 23.1 Å². The van der Waals surface area contributed by atoms with Crippen molar-refractivity contribution in [3.63, 3.8) is 0 Å². The van der Waals surface area contributed by atoms with Crippen LogP contribution in [0.4, 0.5) is 5.13 Å². The molecule has 15 heavy (non-hydrogen) atoms. The van der Waals surface area contributed by atoms with Crippen LogP contribution < -0.4 is 5.32 Å². The van der Waals surface area contributed by atoms with Gasteiger partial charge in [-0.05, 0) is 29.3 Å². The Bertz CT molecular complexity index is 401. The van der Waals surface area contributed by atoms with Gasteiger partial charge < -0.3 is 5.32 Å². The predicted molar refractivity (Wildman–Crippen MR) is 61.3 cm³/mol. The predicted octanol–water partition coefficient (Wildman–Crippen LogP) is 2.24. The third kappa shape index (κ3) is 3.14. The highest BCUT2D eigenvalue weighted by atomic mass is 35.5. The second-order valence-corrected chi connectivity index (χ2v) is 4.14. The van der Waals surface area contributed by atoms with Gasteiger partial charge in [0.25, 0.3) is 0 Å². The number of rotatable bonds is 4. The van der Waals surface area contributed by atoms with Gasteiger partial charge in [-0.2, -0.15) is 0 Å². The van der Waals surface area contributed by atoms with Crippen LogP contribution in [0.5, 0.6) is 0 Å². The van der Waals surface area contributed by atoms with Gasteiger partial charge in [0.2, 0.25) is 5.13 Å². The largest absolute Gasteiger partial charge is 0.359 e. The molecule has 0 unspecified atom stereocenters. The number of halogens is 1. The van der Waals surface area contributed by atoms with Crippen molar-refractivity contribution in [1.82, 2.24) is 14.8 Å². The Hall–Kier alpha value is -1.20. The number of benzene rings is 1. The average molecular weight is 241 g/mol. The van der Waals surface area contributed by atoms with Crippen molar-refractivity contribution in [2.24, 2.45) is 0 Å². The standard InChI is InChI=1S/C9H9ClN4S/c10-8-3-1-7(2-4-8)5-6-11-9-12-13-14-15-9/h1-4H,5-6H2,(H,11,12,14). The SMILES string of the molecule is Clc1ccc(CCNc2nnns2)cc1. The molecule has 1 aromatic heterocycles. The number of anilines is 1. The molecule has 6 heteroatoms. The molecule has 0 radical (unpaired) electrons. The van der Waals surface area contributed by atoms with E-state index in [0.717, 1.165) is 23.1 Å². The zero-order valence-electron chi connectivity index (χ0n) is 7.85. The van der Waals surface area contributed by atoms with E-state index < -0.39 is 0 Å². The summed E-state index contributed by atoms with van der Waals surface area (Å²) in [5.41, 5.74) is 1.24. The maximum absolute atomic E-state index is 5.79. The third-order valence-corrected chi connectivity index (χ3v) is 2.71. The molecule has 0 aliphatic carbocycles. The summed E-state index contributed by atoms with van der Waals surface area (Å²) < 4.78 is 3.66. The summed E-state index contributed by atoms with van der Waals surface area (Å²) in [5, 5.41) is 11.9. The Kier molecular flexibility index (Phi) is 3.47. The van der Waals surface area contributed by atoms with Gasteiger partial charge in [0.15, 0.2) is 0 Å². The van der Waals surface area contributed by atoms with E-state index in [1.807, 2.05) is 24.3 Å². The first-order valence-corrected chi connectivity index (χ1v) is 5.63. The molecule has 0 fully saturated rings. The molecule has 0 aliphatic heterocycles. The molecule has 0 saturated heterocycles. The lowest BCUT2D eigenvalue weighted by atomic mass is 10.1. The normalized spacial score (nSPS) is 10.2. The molecule has 2 aromatic rings. The van der Waals surface area contributed by atoms with E-state index in [4.69, 9.17) is 11.6 Å². The molecule has 0 atom stereocenters. The summed E-state index contributed by atoms with van der Waals surface area (Å²) in [6.07, 6.45) is 0.927. The van der Waals surface area contributed by atoms with Crippen molar-refractivity contribution in [2.45, 2.75) is 6.42 Å². The Balaban J connectivity index is 1.81. The summed E-state index contributed by atoms with van der Waals surface area (Å²) in [6, 6.07) is 7.82. The fourth-order valence-electron chi connectivity index (χ4n) is 1.17. The summed E-state index contributed by atoms with van der Waals surface area (Å²) >= 11 is 7.04. The molecule has 78 valence electrons. The molecular weight excluding hydrogens is 232 g/mol. The molecule has 0 saturated carbocycles. The second-order valence-electron chi connectivity index (χ2n) is 2.97. The first-order chi connectivity index (χ1) is 7.34. The summed E-state index contributed by atoms with van der Waals surface area (Å²) in [4.78, 5) is 0. The fraction of sp³-hybridized carbons (Fsp3) is 0.222. The number of nitrogens with zero attached hydrogens (tertiary/aromatic N) is 3. The first kappa shape index (κ1) is 10.3. The van der Waals surface area contributed by atoms with Crippen LogP contribution in [0, 0.1) is 0 Å². The van der Waals surface area contributed by atoms with E-state index in [2.05, 4.69) is 20.1 Å². The van der Waals surface area contributed by atoms with E-state index in [1.165, 1.54) is 17.1 Å². The maximum Gasteiger partial charge on any atom is 0.225 e. The van der Waals surface area contributed by atoms with Crippen LogP contribution in [-0.4, -0.2) is 21.3 Å². The second kappa shape index (κ2) is 5.04. The van der Waals surface area contributed by atoms with E-state index in [0.29, 0.717) is 0 Å². The van der Waals surface area contributed by atoms with Gasteiger partial charge in [-0.15, -0.1) is 0 Å². The van der Waals surface area contributed by atoms with Gasteiger partial charge in [0.1, 0.15) is 0 Å². The van der Waals surface area contributed by atoms with Crippen LogP contribution >= 0.6 is 23.1 Å². The topological polar surface area (TPSA) is 50.7 Å². The minimum absolute atomic E-state index is 0.754. The quantitative estimate of drug-likeness (QED) is 0.891. The van der Waals surface area contributed by atoms with Gasteiger partial charge in [-0.1, -0.05) is 33.3 Å². The summed E-state index contributed by atoms with van der Waals surface area (Å²) in [7, 11) is 0. The maximum atomic E-state index is 5.79. The Morgan fingerprint density at radius 2 is 2.07 bits per heavy atom. The average Bonchev–Trinajstić information content (AvgIpc) is 2.74. The lowest BCUT2D eigenvalue weighted by Crippen LogP contribution is -2.04. The lowest BCUT2D eigenvalue weighted by molar-refractivity contribution is 0.941.